The number of ketones is 1. The molecule has 0 aromatic rings. The highest BCUT2D eigenvalue weighted by molar-refractivity contribution is 5.83. The predicted molar refractivity (Wildman–Crippen MR) is 168 cm³/mol. The van der Waals surface area contributed by atoms with E-state index >= 15 is 0 Å². The average molecular weight is 715 g/mol. The maximum absolute atomic E-state index is 13.7. The molecule has 15 heteroatoms. The van der Waals surface area contributed by atoms with Crippen molar-refractivity contribution in [1.82, 2.24) is 0 Å². The van der Waals surface area contributed by atoms with Crippen molar-refractivity contribution >= 4 is 17.7 Å². The van der Waals surface area contributed by atoms with Crippen LogP contribution in [0.3, 0.4) is 0 Å². The second kappa shape index (κ2) is 14.6. The van der Waals surface area contributed by atoms with Crippen LogP contribution in [0.25, 0.3) is 0 Å². The Morgan fingerprint density at radius 1 is 0.660 bits per heavy atom. The van der Waals surface area contributed by atoms with E-state index in [1.54, 1.807) is 0 Å². The molecular weight excluding hydrogens is 660 g/mol. The molecule has 6 N–H and O–H groups in total. The van der Waals surface area contributed by atoms with Gasteiger partial charge < -0.3 is 59.1 Å². The Bertz CT molecular complexity index is 1260. The molecule has 284 valence electrons. The third-order valence-electron chi connectivity index (χ3n) is 13.7. The fraction of sp³-hybridized carbons (Fsp3) is 0.914. The lowest BCUT2D eigenvalue weighted by molar-refractivity contribution is -0.310. The first-order valence-corrected chi connectivity index (χ1v) is 18.0. The molecule has 4 aliphatic carbocycles. The van der Waals surface area contributed by atoms with Gasteiger partial charge in [0.1, 0.15) is 43.2 Å². The topological polar surface area (TPSA) is 228 Å². The Balaban J connectivity index is 1.06. The Morgan fingerprint density at radius 3 is 1.84 bits per heavy atom. The van der Waals surface area contributed by atoms with Gasteiger partial charge in [-0.05, 0) is 92.3 Å². The number of esters is 2. The summed E-state index contributed by atoms with van der Waals surface area (Å²) in [6.45, 7) is 4.22. The molecule has 6 fully saturated rings. The largest absolute Gasteiger partial charge is 0.467 e. The number of aliphatic hydroxyl groups excluding tert-OH is 6. The number of hydrogen-bond acceptors (Lipinski definition) is 15. The van der Waals surface area contributed by atoms with Crippen molar-refractivity contribution in [3.05, 3.63) is 0 Å². The number of ether oxygens (including phenoxy) is 6. The SMILES string of the molecule is COC(=O)[C@@H]1O[C@H](OCC(=O)[C@@H]2CC[C@H]3[C@@H]4CC[C@@H]5C[C@H](O[C@@H]6O[C@@H](C(=O)OC)[C@@H](O)[C@H](O)[C@H]6O)CC[C@@]5(C)[C@H]4CC[C@]23C)[C@@H](O)[C@H](O)[C@H]1O. The van der Waals surface area contributed by atoms with Crippen LogP contribution in [-0.4, -0.2) is 137 Å². The molecule has 0 bridgehead atoms. The van der Waals surface area contributed by atoms with E-state index in [0.29, 0.717) is 30.1 Å². The maximum atomic E-state index is 13.7. The molecule has 2 aliphatic heterocycles. The number of hydrogen-bond donors (Lipinski definition) is 6. The van der Waals surface area contributed by atoms with Gasteiger partial charge in [0.05, 0.1) is 20.3 Å². The van der Waals surface area contributed by atoms with Gasteiger partial charge in [-0.3, -0.25) is 4.79 Å². The molecule has 0 amide bonds. The zero-order valence-electron chi connectivity index (χ0n) is 29.2. The van der Waals surface area contributed by atoms with Gasteiger partial charge in [-0.15, -0.1) is 0 Å². The molecule has 18 atom stereocenters. The molecule has 50 heavy (non-hydrogen) atoms. The fourth-order valence-corrected chi connectivity index (χ4v) is 10.9. The minimum atomic E-state index is -1.72. The maximum Gasteiger partial charge on any atom is 0.337 e. The van der Waals surface area contributed by atoms with Crippen molar-refractivity contribution in [3.63, 3.8) is 0 Å². The summed E-state index contributed by atoms with van der Waals surface area (Å²) in [7, 11) is 2.26. The van der Waals surface area contributed by atoms with Gasteiger partial charge in [0.25, 0.3) is 0 Å². The molecule has 6 rings (SSSR count). The Labute approximate surface area is 291 Å². The van der Waals surface area contributed by atoms with E-state index in [9.17, 15) is 45.0 Å². The summed E-state index contributed by atoms with van der Waals surface area (Å²) in [5.74, 6) is -0.515. The van der Waals surface area contributed by atoms with Crippen molar-refractivity contribution in [2.24, 2.45) is 40.4 Å². The monoisotopic (exact) mass is 714 g/mol. The van der Waals surface area contributed by atoms with Crippen LogP contribution >= 0.6 is 0 Å². The first-order valence-electron chi connectivity index (χ1n) is 18.0. The molecule has 6 aliphatic rings. The van der Waals surface area contributed by atoms with Crippen molar-refractivity contribution in [2.75, 3.05) is 20.8 Å². The van der Waals surface area contributed by atoms with Crippen LogP contribution in [0.4, 0.5) is 0 Å². The van der Waals surface area contributed by atoms with E-state index in [-0.39, 0.29) is 35.2 Å². The van der Waals surface area contributed by atoms with Crippen LogP contribution in [0.2, 0.25) is 0 Å². The highest BCUT2D eigenvalue weighted by Crippen LogP contribution is 2.67. The molecule has 15 nitrogen and oxygen atoms in total. The minimum Gasteiger partial charge on any atom is -0.467 e. The Morgan fingerprint density at radius 2 is 1.22 bits per heavy atom. The number of rotatable bonds is 8. The van der Waals surface area contributed by atoms with Crippen LogP contribution in [0.15, 0.2) is 0 Å². The molecule has 0 radical (unpaired) electrons. The molecule has 4 saturated carbocycles. The van der Waals surface area contributed by atoms with Crippen molar-refractivity contribution in [3.8, 4) is 0 Å². The number of fused-ring (bicyclic) bond motifs is 5. The first kappa shape index (κ1) is 38.0. The summed E-state index contributed by atoms with van der Waals surface area (Å²) < 4.78 is 32.2. The van der Waals surface area contributed by atoms with Crippen LogP contribution in [0, 0.1) is 40.4 Å². The quantitative estimate of drug-likeness (QED) is 0.139. The van der Waals surface area contributed by atoms with Crippen molar-refractivity contribution in [2.45, 2.75) is 139 Å². The van der Waals surface area contributed by atoms with E-state index in [1.165, 1.54) is 0 Å². The summed E-state index contributed by atoms with van der Waals surface area (Å²) in [6, 6.07) is 0. The van der Waals surface area contributed by atoms with E-state index < -0.39 is 73.4 Å². The smallest absolute Gasteiger partial charge is 0.337 e. The first-order chi connectivity index (χ1) is 23.7. The van der Waals surface area contributed by atoms with Gasteiger partial charge in [0.2, 0.25) is 0 Å². The minimum absolute atomic E-state index is 0.0572. The van der Waals surface area contributed by atoms with E-state index in [2.05, 4.69) is 18.6 Å². The predicted octanol–water partition coefficient (Wildman–Crippen LogP) is -0.423. The normalized spacial score (nSPS) is 50.4. The summed E-state index contributed by atoms with van der Waals surface area (Å²) in [4.78, 5) is 37.9. The molecule has 0 unspecified atom stereocenters. The van der Waals surface area contributed by atoms with Gasteiger partial charge in [-0.2, -0.15) is 0 Å². The highest BCUT2D eigenvalue weighted by atomic mass is 16.7. The number of aliphatic hydroxyl groups is 6. The van der Waals surface area contributed by atoms with E-state index in [1.807, 2.05) is 0 Å². The average Bonchev–Trinajstić information content (AvgIpc) is 3.47. The molecule has 2 saturated heterocycles. The van der Waals surface area contributed by atoms with E-state index in [0.717, 1.165) is 65.6 Å². The number of Topliss-reactive ketones (excluding diaryl/α,β-unsaturated/α-hetero) is 1. The third-order valence-corrected chi connectivity index (χ3v) is 13.7. The zero-order valence-corrected chi connectivity index (χ0v) is 29.2. The molecule has 0 spiro atoms. The molecule has 0 aromatic heterocycles. The summed E-state index contributed by atoms with van der Waals surface area (Å²) in [5.41, 5.74) is -0.168. The van der Waals surface area contributed by atoms with Crippen molar-refractivity contribution < 1.29 is 73.4 Å². The molecular formula is C35H54O15. The fourth-order valence-electron chi connectivity index (χ4n) is 10.9. The van der Waals surface area contributed by atoms with Crippen LogP contribution in [0.5, 0.6) is 0 Å². The lowest BCUT2D eigenvalue weighted by Crippen LogP contribution is -2.61. The number of methoxy groups -OCH3 is 2. The summed E-state index contributed by atoms with van der Waals surface area (Å²) >= 11 is 0. The number of carbonyl (C=O) groups is 3. The van der Waals surface area contributed by atoms with E-state index in [4.69, 9.17) is 23.7 Å². The second-order valence-corrected chi connectivity index (χ2v) is 16.0. The number of carbonyl (C=O) groups excluding carboxylic acids is 3. The van der Waals surface area contributed by atoms with Crippen LogP contribution in [-0.2, 0) is 42.8 Å². The summed E-state index contributed by atoms with van der Waals surface area (Å²) in [5, 5.41) is 62.1. The zero-order chi connectivity index (χ0) is 36.3. The molecule has 2 heterocycles. The summed E-state index contributed by atoms with van der Waals surface area (Å²) in [6.07, 6.45) is -8.08. The van der Waals surface area contributed by atoms with Gasteiger partial charge >= 0.3 is 11.9 Å². The highest BCUT2D eigenvalue weighted by Gasteiger charge is 2.62. The van der Waals surface area contributed by atoms with Crippen LogP contribution < -0.4 is 0 Å². The van der Waals surface area contributed by atoms with Gasteiger partial charge in [-0.1, -0.05) is 13.8 Å². The lowest BCUT2D eigenvalue weighted by atomic mass is 9.44. The van der Waals surface area contributed by atoms with Gasteiger partial charge in [0, 0.05) is 5.92 Å². The Hall–Kier alpha value is -1.79. The van der Waals surface area contributed by atoms with Gasteiger partial charge in [-0.25, -0.2) is 9.59 Å². The Kier molecular flexibility index (Phi) is 11.1. The third kappa shape index (κ3) is 6.43. The standard InChI is InChI=1S/C35H54O15/c1-34-11-9-16(48-33-27(42)23(38)25(40)29(50-33)31(44)46-4)13-15(34)5-6-17-18-7-8-20(35(18,2)12-10-19(17)34)21(36)14-47-32-26(41)22(37)24(39)28(49-32)30(43)45-3/h15-20,22-29,32-33,37-42H,5-14H2,1-4H3/t15-,16-,17+,18+,19+,20+,22-,23+,24-,25+,26+,27-,28-,29-,32+,33-,34-,35+/m1/s1. The van der Waals surface area contributed by atoms with Crippen LogP contribution in [0.1, 0.15) is 71.6 Å². The van der Waals surface area contributed by atoms with Crippen molar-refractivity contribution in [1.29, 1.82) is 0 Å². The molecule has 0 aromatic carbocycles. The lowest BCUT2D eigenvalue weighted by Gasteiger charge is -2.61. The second-order valence-electron chi connectivity index (χ2n) is 16.0. The van der Waals surface area contributed by atoms with Gasteiger partial charge in [0.15, 0.2) is 30.6 Å².